The molecule has 0 bridgehead atoms. The molecule has 0 aromatic heterocycles. The first-order valence-electron chi connectivity index (χ1n) is 3.92. The van der Waals surface area contributed by atoms with E-state index in [4.69, 9.17) is 0 Å². The zero-order valence-electron chi connectivity index (χ0n) is 9.00. The van der Waals surface area contributed by atoms with Gasteiger partial charge in [-0.05, 0) is 0 Å². The van der Waals surface area contributed by atoms with E-state index >= 15 is 0 Å². The van der Waals surface area contributed by atoms with Gasteiger partial charge in [-0.2, -0.15) is 0 Å². The van der Waals surface area contributed by atoms with Crippen LogP contribution in [0.1, 0.15) is 13.8 Å². The van der Waals surface area contributed by atoms with E-state index in [-0.39, 0.29) is 16.5 Å². The van der Waals surface area contributed by atoms with Crippen LogP contribution in [0.2, 0.25) is 0 Å². The van der Waals surface area contributed by atoms with Gasteiger partial charge in [0.15, 0.2) is 0 Å². The minimum Gasteiger partial charge on any atom is -0.546 e. The molecule has 0 radical (unpaired) electrons. The zero-order valence-corrected chi connectivity index (χ0v) is 9.98. The largest absolute Gasteiger partial charge is 2.00 e. The molecule has 17 heavy (non-hydrogen) atoms. The molecule has 100 valence electrons. The molecule has 0 spiro atoms. The molecule has 0 atom stereocenters. The van der Waals surface area contributed by atoms with Crippen LogP contribution >= 0.6 is 0 Å². The first kappa shape index (κ1) is 20.7. The maximum Gasteiger partial charge on any atom is 2.00 e. The van der Waals surface area contributed by atoms with Crippen molar-refractivity contribution in [3.63, 3.8) is 0 Å². The van der Waals surface area contributed by atoms with Gasteiger partial charge in [-0.25, -0.2) is 0 Å². The first-order chi connectivity index (χ1) is 7.25. The van der Waals surface area contributed by atoms with Crippen molar-refractivity contribution >= 4 is 23.9 Å². The molecule has 0 aliphatic rings. The number of carboxylic acids is 2. The topological polar surface area (TPSA) is 133 Å². The van der Waals surface area contributed by atoms with Crippen molar-refractivity contribution in [2.75, 3.05) is 13.2 Å². The monoisotopic (exact) mass is 292 g/mol. The summed E-state index contributed by atoms with van der Waals surface area (Å²) in [6.07, 6.45) is 0. The maximum atomic E-state index is 9.83. The van der Waals surface area contributed by atoms with E-state index in [9.17, 15) is 29.4 Å². The molecule has 0 saturated heterocycles. The summed E-state index contributed by atoms with van der Waals surface area (Å²) >= 11 is 0. The third kappa shape index (κ3) is 31.4. The second-order valence-corrected chi connectivity index (χ2v) is 2.30. The molecule has 0 amide bonds. The van der Waals surface area contributed by atoms with Crippen molar-refractivity contribution in [3.05, 3.63) is 0 Å². The van der Waals surface area contributed by atoms with Gasteiger partial charge in [-0.15, -0.1) is 0 Å². The number of ether oxygens (including phenoxy) is 2. The summed E-state index contributed by atoms with van der Waals surface area (Å²) in [6, 6.07) is 0. The van der Waals surface area contributed by atoms with E-state index in [1.165, 1.54) is 0 Å². The Morgan fingerprint density at radius 1 is 0.824 bits per heavy atom. The van der Waals surface area contributed by atoms with Gasteiger partial charge in [-0.1, -0.05) is 0 Å². The van der Waals surface area contributed by atoms with Crippen LogP contribution in [0.15, 0.2) is 0 Å². The van der Waals surface area contributed by atoms with Gasteiger partial charge in [0.25, 0.3) is 0 Å². The minimum absolute atomic E-state index is 0. The SMILES string of the molecule is CC(=O)OCC(=O)[O-].CC(=O)OCC(=O)[O-].[Ni+2]. The molecule has 0 aliphatic carbocycles. The summed E-state index contributed by atoms with van der Waals surface area (Å²) in [6.45, 7) is 0.941. The van der Waals surface area contributed by atoms with E-state index in [0.717, 1.165) is 13.8 Å². The number of rotatable bonds is 4. The number of hydrogen-bond acceptors (Lipinski definition) is 8. The van der Waals surface area contributed by atoms with E-state index in [0.29, 0.717) is 0 Å². The summed E-state index contributed by atoms with van der Waals surface area (Å²) in [5.41, 5.74) is 0. The van der Waals surface area contributed by atoms with Crippen LogP contribution in [0.5, 0.6) is 0 Å². The summed E-state index contributed by atoms with van der Waals surface area (Å²) in [5, 5.41) is 19.0. The molecular formula is C8H10NiO8. The van der Waals surface area contributed by atoms with Crippen molar-refractivity contribution in [1.29, 1.82) is 0 Å². The van der Waals surface area contributed by atoms with Crippen LogP contribution in [-0.2, 0) is 45.1 Å². The Morgan fingerprint density at radius 2 is 1.06 bits per heavy atom. The summed E-state index contributed by atoms with van der Waals surface area (Å²) in [5.74, 6) is -4.01. The summed E-state index contributed by atoms with van der Waals surface area (Å²) < 4.78 is 8.00. The Morgan fingerprint density at radius 3 is 1.12 bits per heavy atom. The molecule has 0 aromatic rings. The third-order valence-corrected chi connectivity index (χ3v) is 0.787. The fraction of sp³-hybridized carbons (Fsp3) is 0.500. The van der Waals surface area contributed by atoms with E-state index < -0.39 is 37.1 Å². The Labute approximate surface area is 107 Å². The molecule has 0 rings (SSSR count). The number of esters is 2. The summed E-state index contributed by atoms with van der Waals surface area (Å²) in [7, 11) is 0. The van der Waals surface area contributed by atoms with E-state index in [1.54, 1.807) is 0 Å². The molecule has 0 heterocycles. The fourth-order valence-corrected chi connectivity index (χ4v) is 0.321. The van der Waals surface area contributed by atoms with E-state index in [1.807, 2.05) is 0 Å². The predicted octanol–water partition coefficient (Wildman–Crippen LogP) is -3.40. The second kappa shape index (κ2) is 12.4. The number of carboxylic acid groups (broad SMARTS) is 2. The van der Waals surface area contributed by atoms with Crippen molar-refractivity contribution in [2.45, 2.75) is 13.8 Å². The van der Waals surface area contributed by atoms with Gasteiger partial charge in [0, 0.05) is 13.8 Å². The smallest absolute Gasteiger partial charge is 0.546 e. The molecule has 8 nitrogen and oxygen atoms in total. The Bertz CT molecular complexity index is 219. The van der Waals surface area contributed by atoms with Crippen molar-refractivity contribution in [3.8, 4) is 0 Å². The quantitative estimate of drug-likeness (QED) is 0.387. The van der Waals surface area contributed by atoms with Gasteiger partial charge in [0.1, 0.15) is 13.2 Å². The average Bonchev–Trinajstić information content (AvgIpc) is 2.12. The minimum atomic E-state index is -1.39. The number of carbonyl (C=O) groups excluding carboxylic acids is 4. The Hall–Kier alpha value is -1.63. The van der Waals surface area contributed by atoms with Crippen LogP contribution in [-0.4, -0.2) is 37.1 Å². The van der Waals surface area contributed by atoms with Crippen LogP contribution < -0.4 is 10.2 Å². The van der Waals surface area contributed by atoms with Gasteiger partial charge in [0.05, 0.1) is 11.9 Å². The van der Waals surface area contributed by atoms with Crippen molar-refractivity contribution in [1.82, 2.24) is 0 Å². The van der Waals surface area contributed by atoms with E-state index in [2.05, 4.69) is 9.47 Å². The van der Waals surface area contributed by atoms with Crippen molar-refractivity contribution < 1.29 is 55.4 Å². The standard InChI is InChI=1S/2C4H6O4.Ni/c2*1-3(5)8-2-4(6)7;/h2*2H2,1H3,(H,6,7);/q;;+2/p-2. The predicted molar refractivity (Wildman–Crippen MR) is 43.3 cm³/mol. The summed E-state index contributed by atoms with van der Waals surface area (Å²) in [4.78, 5) is 38.7. The molecule has 0 saturated carbocycles. The fourth-order valence-electron chi connectivity index (χ4n) is 0.321. The molecule has 0 aliphatic heterocycles. The maximum absolute atomic E-state index is 9.83. The van der Waals surface area contributed by atoms with Crippen LogP contribution in [0.25, 0.3) is 0 Å². The molecule has 9 heteroatoms. The third-order valence-electron chi connectivity index (χ3n) is 0.787. The second-order valence-electron chi connectivity index (χ2n) is 2.30. The van der Waals surface area contributed by atoms with Gasteiger partial charge in [-0.3, -0.25) is 9.59 Å². The zero-order chi connectivity index (χ0) is 13.1. The van der Waals surface area contributed by atoms with Crippen molar-refractivity contribution in [2.24, 2.45) is 0 Å². The van der Waals surface area contributed by atoms with Crippen LogP contribution in [0, 0.1) is 0 Å². The molecular weight excluding hydrogens is 283 g/mol. The first-order valence-corrected chi connectivity index (χ1v) is 3.92. The normalized spacial score (nSPS) is 7.65. The Kier molecular flexibility index (Phi) is 15.2. The van der Waals surface area contributed by atoms with Gasteiger partial charge in [0.2, 0.25) is 0 Å². The molecule has 0 N–H and O–H groups in total. The molecule has 0 aromatic carbocycles. The van der Waals surface area contributed by atoms with Gasteiger partial charge < -0.3 is 29.3 Å². The number of hydrogen-bond donors (Lipinski definition) is 0. The van der Waals surface area contributed by atoms with Crippen LogP contribution in [0.4, 0.5) is 0 Å². The number of carbonyl (C=O) groups is 4. The van der Waals surface area contributed by atoms with Gasteiger partial charge >= 0.3 is 28.4 Å². The average molecular weight is 293 g/mol. The number of aliphatic carboxylic acids is 2. The molecule has 0 fully saturated rings. The molecule has 0 unspecified atom stereocenters. The van der Waals surface area contributed by atoms with Crippen LogP contribution in [0.3, 0.4) is 0 Å². The Balaban J connectivity index is -0.000000218.